The molecule has 0 aromatic heterocycles. The smallest absolute Gasteiger partial charge is 0.411 e. The molecule has 3 rings (SSSR count). The molecule has 1 aliphatic heterocycles. The van der Waals surface area contributed by atoms with Gasteiger partial charge in [0.05, 0.1) is 5.69 Å². The summed E-state index contributed by atoms with van der Waals surface area (Å²) in [6, 6.07) is 11.2. The highest BCUT2D eigenvalue weighted by Crippen LogP contribution is 2.33. The van der Waals surface area contributed by atoms with Gasteiger partial charge in [-0.1, -0.05) is 23.7 Å². The van der Waals surface area contributed by atoms with Crippen LogP contribution in [0, 0.1) is 11.7 Å². The molecule has 4 nitrogen and oxygen atoms in total. The largest absolute Gasteiger partial charge is 0.465 e. The van der Waals surface area contributed by atoms with Gasteiger partial charge in [0.1, 0.15) is 5.82 Å². The molecule has 0 spiro atoms. The Balaban J connectivity index is 1.98. The number of carboxylic acid groups (broad SMARTS) is 1. The zero-order valence-electron chi connectivity index (χ0n) is 14.0. The summed E-state index contributed by atoms with van der Waals surface area (Å²) in [4.78, 5) is 15.4. The maximum atomic E-state index is 13.8. The van der Waals surface area contributed by atoms with Crippen LogP contribution in [0.25, 0.3) is 11.1 Å². The van der Waals surface area contributed by atoms with E-state index in [1.54, 1.807) is 24.3 Å². The second kappa shape index (κ2) is 7.42. The fourth-order valence-electron chi connectivity index (χ4n) is 3.32. The highest BCUT2D eigenvalue weighted by atomic mass is 35.5. The first-order valence-electron chi connectivity index (χ1n) is 8.18. The van der Waals surface area contributed by atoms with E-state index in [1.807, 2.05) is 7.05 Å². The summed E-state index contributed by atoms with van der Waals surface area (Å²) in [6.07, 6.45) is -0.0750. The Bertz CT molecular complexity index is 767. The molecule has 1 unspecified atom stereocenters. The monoisotopic (exact) mass is 362 g/mol. The van der Waals surface area contributed by atoms with Gasteiger partial charge in [-0.15, -0.1) is 0 Å². The van der Waals surface area contributed by atoms with Crippen LogP contribution in [0.5, 0.6) is 0 Å². The molecule has 0 aliphatic carbocycles. The molecular weight excluding hydrogens is 343 g/mol. The van der Waals surface area contributed by atoms with Crippen LogP contribution in [-0.2, 0) is 0 Å². The Labute approximate surface area is 151 Å². The van der Waals surface area contributed by atoms with Gasteiger partial charge in [-0.25, -0.2) is 9.18 Å². The van der Waals surface area contributed by atoms with Gasteiger partial charge in [0.25, 0.3) is 0 Å². The van der Waals surface area contributed by atoms with Crippen molar-refractivity contribution < 1.29 is 14.3 Å². The molecule has 132 valence electrons. The van der Waals surface area contributed by atoms with Crippen molar-refractivity contribution in [2.45, 2.75) is 6.42 Å². The molecule has 0 radical (unpaired) electrons. The van der Waals surface area contributed by atoms with Gasteiger partial charge in [0.15, 0.2) is 0 Å². The molecule has 1 fully saturated rings. The minimum absolute atomic E-state index is 0.268. The number of likely N-dealkylation sites (tertiary alicyclic amines) is 1. The maximum Gasteiger partial charge on any atom is 0.411 e. The van der Waals surface area contributed by atoms with Crippen LogP contribution in [0.15, 0.2) is 42.5 Å². The zero-order chi connectivity index (χ0) is 18.0. The van der Waals surface area contributed by atoms with Crippen LogP contribution in [0.3, 0.4) is 0 Å². The van der Waals surface area contributed by atoms with E-state index in [1.165, 1.54) is 23.1 Å². The summed E-state index contributed by atoms with van der Waals surface area (Å²) >= 11 is 5.93. The highest BCUT2D eigenvalue weighted by Gasteiger charge is 2.27. The fraction of sp³-hybridized carbons (Fsp3) is 0.316. The molecule has 1 heterocycles. The van der Waals surface area contributed by atoms with E-state index < -0.39 is 11.9 Å². The molecule has 2 aromatic carbocycles. The molecule has 1 N–H and O–H groups in total. The first-order chi connectivity index (χ1) is 11.9. The number of carbonyl (C=O) groups is 1. The normalized spacial score (nSPS) is 17.6. The van der Waals surface area contributed by atoms with E-state index >= 15 is 0 Å². The summed E-state index contributed by atoms with van der Waals surface area (Å²) in [7, 11) is 2.03. The molecule has 0 saturated carbocycles. The van der Waals surface area contributed by atoms with E-state index in [-0.39, 0.29) is 5.92 Å². The minimum atomic E-state index is -1.03. The summed E-state index contributed by atoms with van der Waals surface area (Å²) in [5, 5.41) is 10.3. The van der Waals surface area contributed by atoms with E-state index in [0.717, 1.165) is 25.1 Å². The van der Waals surface area contributed by atoms with Gasteiger partial charge < -0.3 is 10.0 Å². The van der Waals surface area contributed by atoms with Gasteiger partial charge >= 0.3 is 6.09 Å². The molecule has 1 aliphatic rings. The van der Waals surface area contributed by atoms with Crippen molar-refractivity contribution in [1.82, 2.24) is 4.90 Å². The van der Waals surface area contributed by atoms with Gasteiger partial charge in [-0.3, -0.25) is 4.90 Å². The lowest BCUT2D eigenvalue weighted by Crippen LogP contribution is -2.35. The Hall–Kier alpha value is -2.11. The third-order valence-electron chi connectivity index (χ3n) is 4.57. The number of halogens is 2. The number of rotatable bonds is 4. The van der Waals surface area contributed by atoms with Crippen LogP contribution in [0.4, 0.5) is 14.9 Å². The summed E-state index contributed by atoms with van der Waals surface area (Å²) < 4.78 is 13.8. The Kier molecular flexibility index (Phi) is 5.25. The molecular formula is C19H20ClFN2O2. The first kappa shape index (κ1) is 17.7. The van der Waals surface area contributed by atoms with Crippen molar-refractivity contribution in [3.8, 4) is 11.1 Å². The van der Waals surface area contributed by atoms with Crippen LogP contribution < -0.4 is 4.90 Å². The Morgan fingerprint density at radius 3 is 2.64 bits per heavy atom. The summed E-state index contributed by atoms with van der Waals surface area (Å²) in [5.41, 5.74) is 1.77. The number of hydrogen-bond acceptors (Lipinski definition) is 2. The van der Waals surface area contributed by atoms with Crippen LogP contribution in [-0.4, -0.2) is 42.8 Å². The van der Waals surface area contributed by atoms with Crippen LogP contribution in [0.2, 0.25) is 5.02 Å². The second-order valence-electron chi connectivity index (χ2n) is 6.48. The van der Waals surface area contributed by atoms with Crippen molar-refractivity contribution in [1.29, 1.82) is 0 Å². The van der Waals surface area contributed by atoms with Crippen molar-refractivity contribution in [2.75, 3.05) is 31.6 Å². The molecule has 1 atom stereocenters. The second-order valence-corrected chi connectivity index (χ2v) is 6.91. The minimum Gasteiger partial charge on any atom is -0.465 e. The first-order valence-corrected chi connectivity index (χ1v) is 8.56. The van der Waals surface area contributed by atoms with Crippen molar-refractivity contribution in [2.24, 2.45) is 5.92 Å². The Morgan fingerprint density at radius 2 is 2.04 bits per heavy atom. The molecule has 2 aromatic rings. The van der Waals surface area contributed by atoms with E-state index in [4.69, 9.17) is 11.6 Å². The lowest BCUT2D eigenvalue weighted by molar-refractivity contribution is 0.200. The highest BCUT2D eigenvalue weighted by molar-refractivity contribution is 6.30. The topological polar surface area (TPSA) is 43.8 Å². The number of hydrogen-bond donors (Lipinski definition) is 1. The predicted molar refractivity (Wildman–Crippen MR) is 97.8 cm³/mol. The number of anilines is 1. The number of amides is 1. The standard InChI is InChI=1S/C19H20ClFN2O2/c1-22-9-8-13(11-22)12-23(19(24)25)18-7-6-16(21)10-17(18)14-2-4-15(20)5-3-14/h2-7,10,13H,8-9,11-12H2,1H3,(H,24,25). The molecule has 1 amide bonds. The van der Waals surface area contributed by atoms with Gasteiger partial charge in [-0.05, 0) is 61.8 Å². The predicted octanol–water partition coefficient (Wildman–Crippen LogP) is 4.58. The van der Waals surface area contributed by atoms with Gasteiger partial charge in [0.2, 0.25) is 0 Å². The zero-order valence-corrected chi connectivity index (χ0v) is 14.7. The van der Waals surface area contributed by atoms with Gasteiger partial charge in [0, 0.05) is 23.7 Å². The van der Waals surface area contributed by atoms with Crippen molar-refractivity contribution >= 4 is 23.4 Å². The maximum absolute atomic E-state index is 13.8. The molecule has 25 heavy (non-hydrogen) atoms. The average molecular weight is 363 g/mol. The van der Waals surface area contributed by atoms with E-state index in [2.05, 4.69) is 4.90 Å². The lowest BCUT2D eigenvalue weighted by Gasteiger charge is -2.25. The van der Waals surface area contributed by atoms with Crippen molar-refractivity contribution in [3.05, 3.63) is 53.3 Å². The average Bonchev–Trinajstić information content (AvgIpc) is 2.98. The molecule has 0 bridgehead atoms. The fourth-order valence-corrected chi connectivity index (χ4v) is 3.44. The van der Waals surface area contributed by atoms with E-state index in [9.17, 15) is 14.3 Å². The SMILES string of the molecule is CN1CCC(CN(C(=O)O)c2ccc(F)cc2-c2ccc(Cl)cc2)C1. The number of nitrogens with zero attached hydrogens (tertiary/aromatic N) is 2. The molecule has 6 heteroatoms. The third-order valence-corrected chi connectivity index (χ3v) is 4.82. The lowest BCUT2D eigenvalue weighted by atomic mass is 10.0. The number of benzene rings is 2. The van der Waals surface area contributed by atoms with Crippen LogP contribution in [0.1, 0.15) is 6.42 Å². The molecule has 1 saturated heterocycles. The quantitative estimate of drug-likeness (QED) is 0.865. The third kappa shape index (κ3) is 4.11. The van der Waals surface area contributed by atoms with Crippen LogP contribution >= 0.6 is 11.6 Å². The summed E-state index contributed by atoms with van der Waals surface area (Å²) in [6.45, 7) is 2.22. The van der Waals surface area contributed by atoms with Crippen molar-refractivity contribution in [3.63, 3.8) is 0 Å². The van der Waals surface area contributed by atoms with E-state index in [0.29, 0.717) is 22.8 Å². The van der Waals surface area contributed by atoms with Gasteiger partial charge in [-0.2, -0.15) is 0 Å². The Morgan fingerprint density at radius 1 is 1.32 bits per heavy atom. The summed E-state index contributed by atoms with van der Waals surface area (Å²) in [5.74, 6) is -0.135.